The predicted molar refractivity (Wildman–Crippen MR) is 86.3 cm³/mol. The fourth-order valence-corrected chi connectivity index (χ4v) is 3.72. The monoisotopic (exact) mass is 311 g/mol. The number of likely N-dealkylation sites (N-methyl/N-ethyl adjacent to an activating group) is 2. The van der Waals surface area contributed by atoms with Crippen molar-refractivity contribution in [1.29, 1.82) is 0 Å². The van der Waals surface area contributed by atoms with Crippen molar-refractivity contribution >= 4 is 22.4 Å². The zero-order valence-electron chi connectivity index (χ0n) is 13.3. The van der Waals surface area contributed by atoms with E-state index < -0.39 is 11.4 Å². The van der Waals surface area contributed by atoms with Gasteiger partial charge in [-0.1, -0.05) is 6.92 Å². The number of hydrogen-bond donors (Lipinski definition) is 1. The third kappa shape index (κ3) is 3.37. The van der Waals surface area contributed by atoms with Crippen molar-refractivity contribution in [3.05, 3.63) is 11.1 Å². The van der Waals surface area contributed by atoms with Crippen molar-refractivity contribution in [2.75, 3.05) is 31.6 Å². The molecular weight excluding hydrogens is 286 g/mol. The molecular formula is C15H25N3O2S. The first kappa shape index (κ1) is 16.2. The summed E-state index contributed by atoms with van der Waals surface area (Å²) in [6.07, 6.45) is 2.50. The number of anilines is 1. The molecule has 0 radical (unpaired) electrons. The molecule has 5 nitrogen and oxygen atoms in total. The zero-order chi connectivity index (χ0) is 15.6. The highest BCUT2D eigenvalue weighted by Crippen LogP contribution is 2.29. The Bertz CT molecular complexity index is 501. The summed E-state index contributed by atoms with van der Waals surface area (Å²) >= 11 is 1.53. The molecule has 0 spiro atoms. The highest BCUT2D eigenvalue weighted by molar-refractivity contribution is 7.13. The van der Waals surface area contributed by atoms with Gasteiger partial charge in [0.1, 0.15) is 5.41 Å². The number of thiazole rings is 1. The second-order valence-electron chi connectivity index (χ2n) is 6.25. The molecule has 1 aromatic heterocycles. The van der Waals surface area contributed by atoms with E-state index in [4.69, 9.17) is 0 Å². The molecule has 1 aromatic rings. The molecule has 21 heavy (non-hydrogen) atoms. The van der Waals surface area contributed by atoms with Crippen molar-refractivity contribution in [2.45, 2.75) is 45.1 Å². The largest absolute Gasteiger partial charge is 0.481 e. The van der Waals surface area contributed by atoms with Gasteiger partial charge < -0.3 is 10.0 Å². The summed E-state index contributed by atoms with van der Waals surface area (Å²) in [7, 11) is 2.04. The summed E-state index contributed by atoms with van der Waals surface area (Å²) in [5.41, 5.74) is -0.293. The number of carboxylic acids is 1. The van der Waals surface area contributed by atoms with Gasteiger partial charge in [-0.25, -0.2) is 4.98 Å². The Morgan fingerprint density at radius 1 is 1.62 bits per heavy atom. The van der Waals surface area contributed by atoms with Crippen LogP contribution in [0.3, 0.4) is 0 Å². The van der Waals surface area contributed by atoms with Crippen LogP contribution in [0.2, 0.25) is 0 Å². The number of aromatic nitrogens is 1. The van der Waals surface area contributed by atoms with Crippen LogP contribution in [-0.2, 0) is 10.2 Å². The van der Waals surface area contributed by atoms with Crippen LogP contribution >= 0.6 is 11.3 Å². The van der Waals surface area contributed by atoms with Gasteiger partial charge in [-0.3, -0.25) is 9.69 Å². The molecule has 0 saturated carbocycles. The third-order valence-corrected chi connectivity index (χ3v) is 5.34. The number of likely N-dealkylation sites (tertiary alicyclic amines) is 1. The quantitative estimate of drug-likeness (QED) is 0.874. The van der Waals surface area contributed by atoms with Gasteiger partial charge in [-0.2, -0.15) is 0 Å². The smallest absolute Gasteiger partial charge is 0.315 e. The number of rotatable bonds is 6. The molecule has 2 heterocycles. The van der Waals surface area contributed by atoms with Gasteiger partial charge in [0.15, 0.2) is 5.13 Å². The van der Waals surface area contributed by atoms with Crippen LogP contribution in [0, 0.1) is 0 Å². The van der Waals surface area contributed by atoms with E-state index in [1.165, 1.54) is 30.7 Å². The molecule has 1 N–H and O–H groups in total. The summed E-state index contributed by atoms with van der Waals surface area (Å²) in [4.78, 5) is 20.5. The highest BCUT2D eigenvalue weighted by atomic mass is 32.1. The predicted octanol–water partition coefficient (Wildman–Crippen LogP) is 2.43. The topological polar surface area (TPSA) is 56.7 Å². The molecule has 1 aliphatic rings. The van der Waals surface area contributed by atoms with Crippen molar-refractivity contribution < 1.29 is 9.90 Å². The third-order valence-electron chi connectivity index (χ3n) is 4.38. The number of carboxylic acid groups (broad SMARTS) is 1. The van der Waals surface area contributed by atoms with Crippen LogP contribution in [0.5, 0.6) is 0 Å². The van der Waals surface area contributed by atoms with E-state index in [0.29, 0.717) is 11.7 Å². The minimum Gasteiger partial charge on any atom is -0.481 e. The lowest BCUT2D eigenvalue weighted by Crippen LogP contribution is -2.38. The SMILES string of the molecule is CCN1CCCC1CN(C)c1nc(C(C)(C)C(=O)O)cs1. The number of nitrogens with zero attached hydrogens (tertiary/aromatic N) is 3. The van der Waals surface area contributed by atoms with E-state index in [9.17, 15) is 9.90 Å². The van der Waals surface area contributed by atoms with E-state index in [1.807, 2.05) is 12.4 Å². The minimum atomic E-state index is -0.932. The van der Waals surface area contributed by atoms with Crippen molar-refractivity contribution in [2.24, 2.45) is 0 Å². The summed E-state index contributed by atoms with van der Waals surface area (Å²) < 4.78 is 0. The average molecular weight is 311 g/mol. The van der Waals surface area contributed by atoms with E-state index in [-0.39, 0.29) is 0 Å². The summed E-state index contributed by atoms with van der Waals surface area (Å²) in [5.74, 6) is -0.838. The lowest BCUT2D eigenvalue weighted by molar-refractivity contribution is -0.142. The molecule has 0 aromatic carbocycles. The van der Waals surface area contributed by atoms with E-state index in [2.05, 4.69) is 21.7 Å². The Balaban J connectivity index is 2.05. The van der Waals surface area contributed by atoms with Gasteiger partial charge in [-0.15, -0.1) is 11.3 Å². The first-order valence-electron chi connectivity index (χ1n) is 7.50. The van der Waals surface area contributed by atoms with Crippen LogP contribution in [0.4, 0.5) is 5.13 Å². The second-order valence-corrected chi connectivity index (χ2v) is 7.09. The molecule has 1 unspecified atom stereocenters. The molecule has 0 bridgehead atoms. The van der Waals surface area contributed by atoms with Crippen LogP contribution < -0.4 is 4.90 Å². The van der Waals surface area contributed by atoms with Crippen molar-refractivity contribution in [1.82, 2.24) is 9.88 Å². The lowest BCUT2D eigenvalue weighted by atomic mass is 9.90. The lowest BCUT2D eigenvalue weighted by Gasteiger charge is -2.27. The van der Waals surface area contributed by atoms with Gasteiger partial charge in [0.05, 0.1) is 5.69 Å². The Hall–Kier alpha value is -1.14. The van der Waals surface area contributed by atoms with Gasteiger partial charge in [0.25, 0.3) is 0 Å². The normalized spacial score (nSPS) is 19.9. The Kier molecular flexibility index (Phi) is 4.88. The molecule has 0 aliphatic carbocycles. The summed E-state index contributed by atoms with van der Waals surface area (Å²) in [6, 6.07) is 0.583. The van der Waals surface area contributed by atoms with Gasteiger partial charge in [-0.05, 0) is 39.8 Å². The van der Waals surface area contributed by atoms with Gasteiger partial charge in [0.2, 0.25) is 0 Å². The summed E-state index contributed by atoms with van der Waals surface area (Å²) in [5, 5.41) is 12.1. The fourth-order valence-electron chi connectivity index (χ4n) is 2.75. The van der Waals surface area contributed by atoms with E-state index in [1.54, 1.807) is 13.8 Å². The Morgan fingerprint density at radius 2 is 2.33 bits per heavy atom. The van der Waals surface area contributed by atoms with Crippen LogP contribution in [-0.4, -0.2) is 53.7 Å². The molecule has 1 atom stereocenters. The maximum Gasteiger partial charge on any atom is 0.315 e. The number of hydrogen-bond acceptors (Lipinski definition) is 5. The van der Waals surface area contributed by atoms with Gasteiger partial charge >= 0.3 is 5.97 Å². The zero-order valence-corrected chi connectivity index (χ0v) is 14.1. The first-order chi connectivity index (χ1) is 9.86. The molecule has 6 heteroatoms. The molecule has 1 saturated heterocycles. The van der Waals surface area contributed by atoms with Crippen molar-refractivity contribution in [3.8, 4) is 0 Å². The average Bonchev–Trinajstić information content (AvgIpc) is 3.07. The van der Waals surface area contributed by atoms with Crippen LogP contribution in [0.25, 0.3) is 0 Å². The van der Waals surface area contributed by atoms with Gasteiger partial charge in [0, 0.05) is 25.0 Å². The molecule has 0 amide bonds. The molecule has 2 rings (SSSR count). The molecule has 118 valence electrons. The first-order valence-corrected chi connectivity index (χ1v) is 8.38. The Labute approximate surface area is 130 Å². The minimum absolute atomic E-state index is 0.583. The highest BCUT2D eigenvalue weighted by Gasteiger charge is 2.33. The maximum atomic E-state index is 11.3. The molecule has 1 fully saturated rings. The van der Waals surface area contributed by atoms with E-state index >= 15 is 0 Å². The Morgan fingerprint density at radius 3 is 2.95 bits per heavy atom. The standard InChI is InChI=1S/C15H25N3O2S/c1-5-18-8-6-7-11(18)9-17(4)14-16-12(10-21-14)15(2,3)13(19)20/h10-11H,5-9H2,1-4H3,(H,19,20). The molecule has 1 aliphatic heterocycles. The van der Waals surface area contributed by atoms with E-state index in [0.717, 1.165) is 18.2 Å². The number of aliphatic carboxylic acids is 1. The van der Waals surface area contributed by atoms with Crippen LogP contribution in [0.1, 0.15) is 39.3 Å². The second kappa shape index (κ2) is 6.32. The van der Waals surface area contributed by atoms with Crippen molar-refractivity contribution in [3.63, 3.8) is 0 Å². The summed E-state index contributed by atoms with van der Waals surface area (Å²) in [6.45, 7) is 8.83. The number of carbonyl (C=O) groups is 1. The maximum absolute atomic E-state index is 11.3. The fraction of sp³-hybridized carbons (Fsp3) is 0.733. The van der Waals surface area contributed by atoms with Crippen LogP contribution in [0.15, 0.2) is 5.38 Å².